The normalized spacial score (nSPS) is 14.5. The van der Waals surface area contributed by atoms with Gasteiger partial charge < -0.3 is 10.4 Å². The highest BCUT2D eigenvalue weighted by Crippen LogP contribution is 2.31. The van der Waals surface area contributed by atoms with Gasteiger partial charge in [-0.2, -0.15) is 5.10 Å². The first kappa shape index (κ1) is 12.3. The van der Waals surface area contributed by atoms with Crippen molar-refractivity contribution in [1.29, 1.82) is 0 Å². The van der Waals surface area contributed by atoms with E-state index >= 15 is 0 Å². The highest BCUT2D eigenvalue weighted by Gasteiger charge is 2.21. The summed E-state index contributed by atoms with van der Waals surface area (Å²) in [5.41, 5.74) is 3.22. The molecule has 2 aromatic carbocycles. The Morgan fingerprint density at radius 2 is 1.86 bits per heavy atom. The predicted octanol–water partition coefficient (Wildman–Crippen LogP) is 3.76. The molecule has 0 atom stereocenters. The highest BCUT2D eigenvalue weighted by molar-refractivity contribution is 5.92. The van der Waals surface area contributed by atoms with Gasteiger partial charge in [-0.1, -0.05) is 18.2 Å². The Bertz CT molecular complexity index is 772. The Kier molecular flexibility index (Phi) is 2.81. The van der Waals surface area contributed by atoms with Gasteiger partial charge in [-0.05, 0) is 54.2 Å². The minimum Gasteiger partial charge on any atom is -0.508 e. The highest BCUT2D eigenvalue weighted by atomic mass is 16.3. The number of phenols is 1. The monoisotopic (exact) mass is 279 g/mol. The smallest absolute Gasteiger partial charge is 0.155 e. The zero-order valence-electron chi connectivity index (χ0n) is 11.6. The summed E-state index contributed by atoms with van der Waals surface area (Å²) in [5.74, 6) is 2.05. The largest absolute Gasteiger partial charge is 0.508 e. The van der Waals surface area contributed by atoms with Crippen LogP contribution in [-0.2, 0) is 0 Å². The summed E-state index contributed by atoms with van der Waals surface area (Å²) in [7, 11) is 0. The molecule has 3 aromatic rings. The standard InChI is InChI=1S/C17H17N3O/c21-14-6-3-12(4-7-14)13-5-8-15-16(9-13)19-20-17(15)18-10-11-1-2-11/h3-9,11,21H,1-2,10H2,(H2,18,19,20). The van der Waals surface area contributed by atoms with Crippen LogP contribution in [0.2, 0.25) is 0 Å². The number of benzene rings is 2. The van der Waals surface area contributed by atoms with E-state index in [1.54, 1.807) is 12.1 Å². The van der Waals surface area contributed by atoms with Gasteiger partial charge in [0.2, 0.25) is 0 Å². The second-order valence-electron chi connectivity index (χ2n) is 5.70. The summed E-state index contributed by atoms with van der Waals surface area (Å²) in [5, 5.41) is 21.4. The van der Waals surface area contributed by atoms with E-state index in [4.69, 9.17) is 0 Å². The molecule has 1 aliphatic carbocycles. The first-order valence-corrected chi connectivity index (χ1v) is 7.31. The van der Waals surface area contributed by atoms with E-state index in [1.807, 2.05) is 12.1 Å². The van der Waals surface area contributed by atoms with Crippen molar-refractivity contribution in [3.05, 3.63) is 42.5 Å². The van der Waals surface area contributed by atoms with Crippen LogP contribution in [0.15, 0.2) is 42.5 Å². The Morgan fingerprint density at radius 1 is 1.10 bits per heavy atom. The van der Waals surface area contributed by atoms with Crippen LogP contribution in [0.25, 0.3) is 22.0 Å². The molecule has 0 aliphatic heterocycles. The van der Waals surface area contributed by atoms with Crippen molar-refractivity contribution in [3.63, 3.8) is 0 Å². The fourth-order valence-electron chi connectivity index (χ4n) is 2.55. The molecule has 4 heteroatoms. The SMILES string of the molecule is Oc1ccc(-c2ccc3c(NCC4CC4)n[nH]c3c2)cc1. The van der Waals surface area contributed by atoms with Gasteiger partial charge in [0.25, 0.3) is 0 Å². The molecule has 1 fully saturated rings. The molecule has 0 amide bonds. The van der Waals surface area contributed by atoms with Crippen LogP contribution in [0, 0.1) is 5.92 Å². The van der Waals surface area contributed by atoms with Crippen LogP contribution in [0.3, 0.4) is 0 Å². The Morgan fingerprint density at radius 3 is 2.62 bits per heavy atom. The Hall–Kier alpha value is -2.49. The average Bonchev–Trinajstić information content (AvgIpc) is 3.25. The maximum Gasteiger partial charge on any atom is 0.155 e. The zero-order chi connectivity index (χ0) is 14.2. The number of rotatable bonds is 4. The number of aromatic hydroxyl groups is 1. The fraction of sp³-hybridized carbons (Fsp3) is 0.235. The van der Waals surface area contributed by atoms with E-state index in [0.29, 0.717) is 0 Å². The van der Waals surface area contributed by atoms with Gasteiger partial charge in [0.15, 0.2) is 5.82 Å². The molecular weight excluding hydrogens is 262 g/mol. The van der Waals surface area contributed by atoms with Crippen LogP contribution >= 0.6 is 0 Å². The lowest BCUT2D eigenvalue weighted by Gasteiger charge is -2.04. The van der Waals surface area contributed by atoms with Crippen LogP contribution in [-0.4, -0.2) is 21.8 Å². The Labute approximate surface area is 122 Å². The minimum absolute atomic E-state index is 0.285. The van der Waals surface area contributed by atoms with E-state index in [-0.39, 0.29) is 5.75 Å². The van der Waals surface area contributed by atoms with E-state index in [0.717, 1.165) is 40.3 Å². The lowest BCUT2D eigenvalue weighted by atomic mass is 10.0. The molecule has 0 saturated heterocycles. The predicted molar refractivity (Wildman–Crippen MR) is 84.4 cm³/mol. The quantitative estimate of drug-likeness (QED) is 0.681. The molecule has 0 unspecified atom stereocenters. The average molecular weight is 279 g/mol. The van der Waals surface area contributed by atoms with Crippen LogP contribution in [0.4, 0.5) is 5.82 Å². The van der Waals surface area contributed by atoms with E-state index in [9.17, 15) is 5.11 Å². The summed E-state index contributed by atoms with van der Waals surface area (Å²) in [6.45, 7) is 1.01. The molecule has 21 heavy (non-hydrogen) atoms. The summed E-state index contributed by atoms with van der Waals surface area (Å²) >= 11 is 0. The maximum atomic E-state index is 9.36. The number of nitrogens with one attached hydrogen (secondary N) is 2. The number of anilines is 1. The number of nitrogens with zero attached hydrogens (tertiary/aromatic N) is 1. The molecule has 1 saturated carbocycles. The molecule has 1 aromatic heterocycles. The van der Waals surface area contributed by atoms with Gasteiger partial charge in [0, 0.05) is 11.9 Å². The van der Waals surface area contributed by atoms with E-state index < -0.39 is 0 Å². The van der Waals surface area contributed by atoms with E-state index in [2.05, 4.69) is 33.7 Å². The van der Waals surface area contributed by atoms with Crippen molar-refractivity contribution >= 4 is 16.7 Å². The van der Waals surface area contributed by atoms with Gasteiger partial charge in [0.05, 0.1) is 5.52 Å². The van der Waals surface area contributed by atoms with Crippen molar-refractivity contribution < 1.29 is 5.11 Å². The topological polar surface area (TPSA) is 60.9 Å². The maximum absolute atomic E-state index is 9.36. The van der Waals surface area contributed by atoms with Crippen LogP contribution in [0.1, 0.15) is 12.8 Å². The Balaban J connectivity index is 1.65. The number of phenolic OH excluding ortho intramolecular Hbond substituents is 1. The third-order valence-corrected chi connectivity index (χ3v) is 4.02. The van der Waals surface area contributed by atoms with E-state index in [1.165, 1.54) is 12.8 Å². The number of H-pyrrole nitrogens is 1. The van der Waals surface area contributed by atoms with Crippen LogP contribution in [0.5, 0.6) is 5.75 Å². The molecular formula is C17H17N3O. The first-order chi connectivity index (χ1) is 10.3. The van der Waals surface area contributed by atoms with Gasteiger partial charge in [-0.25, -0.2) is 0 Å². The van der Waals surface area contributed by atoms with Crippen molar-refractivity contribution in [2.45, 2.75) is 12.8 Å². The molecule has 3 N–H and O–H groups in total. The van der Waals surface area contributed by atoms with Crippen molar-refractivity contribution in [2.24, 2.45) is 5.92 Å². The molecule has 4 nitrogen and oxygen atoms in total. The number of fused-ring (bicyclic) bond motifs is 1. The molecule has 0 bridgehead atoms. The fourth-order valence-corrected chi connectivity index (χ4v) is 2.55. The molecule has 0 spiro atoms. The summed E-state index contributed by atoms with van der Waals surface area (Å²) < 4.78 is 0. The summed E-state index contributed by atoms with van der Waals surface area (Å²) in [6, 6.07) is 13.5. The van der Waals surface area contributed by atoms with Crippen LogP contribution < -0.4 is 5.32 Å². The van der Waals surface area contributed by atoms with Crippen molar-refractivity contribution in [3.8, 4) is 16.9 Å². The number of hydrogen-bond donors (Lipinski definition) is 3. The summed E-state index contributed by atoms with van der Waals surface area (Å²) in [4.78, 5) is 0. The lowest BCUT2D eigenvalue weighted by Crippen LogP contribution is -2.03. The molecule has 1 heterocycles. The third-order valence-electron chi connectivity index (χ3n) is 4.02. The van der Waals surface area contributed by atoms with Gasteiger partial charge in [-0.3, -0.25) is 5.10 Å². The third kappa shape index (κ3) is 2.44. The summed E-state index contributed by atoms with van der Waals surface area (Å²) in [6.07, 6.45) is 2.67. The molecule has 106 valence electrons. The zero-order valence-corrected chi connectivity index (χ0v) is 11.6. The first-order valence-electron chi connectivity index (χ1n) is 7.31. The van der Waals surface area contributed by atoms with Crippen molar-refractivity contribution in [2.75, 3.05) is 11.9 Å². The number of aromatic nitrogens is 2. The van der Waals surface area contributed by atoms with Gasteiger partial charge in [0.1, 0.15) is 5.75 Å². The lowest BCUT2D eigenvalue weighted by molar-refractivity contribution is 0.475. The van der Waals surface area contributed by atoms with Crippen molar-refractivity contribution in [1.82, 2.24) is 10.2 Å². The van der Waals surface area contributed by atoms with Gasteiger partial charge in [-0.15, -0.1) is 0 Å². The second-order valence-corrected chi connectivity index (χ2v) is 5.70. The second kappa shape index (κ2) is 4.81. The molecule has 4 rings (SSSR count). The molecule has 1 aliphatic rings. The molecule has 0 radical (unpaired) electrons. The number of hydrogen-bond acceptors (Lipinski definition) is 3. The van der Waals surface area contributed by atoms with Gasteiger partial charge >= 0.3 is 0 Å². The number of aromatic amines is 1. The minimum atomic E-state index is 0.285.